The number of likely N-dealkylation sites (N-methyl/N-ethyl adjacent to an activating group) is 1. The van der Waals surface area contributed by atoms with Crippen molar-refractivity contribution < 1.29 is 4.74 Å². The van der Waals surface area contributed by atoms with Gasteiger partial charge in [-0.15, -0.1) is 0 Å². The average molecular weight is 349 g/mol. The molecule has 1 aromatic heterocycles. The Morgan fingerprint density at radius 1 is 1.33 bits per heavy atom. The molecule has 1 heterocycles. The quantitative estimate of drug-likeness (QED) is 0.858. The number of benzene rings is 1. The monoisotopic (exact) mass is 348 g/mol. The SMILES string of the molecule is CCc1cccnc1C(Cc1ccc(OC)c(Br)c1)NC. The van der Waals surface area contributed by atoms with E-state index in [0.29, 0.717) is 0 Å². The van der Waals surface area contributed by atoms with Gasteiger partial charge in [0, 0.05) is 6.20 Å². The molecule has 112 valence electrons. The number of hydrogen-bond acceptors (Lipinski definition) is 3. The third-order valence-corrected chi connectivity index (χ3v) is 4.26. The highest BCUT2D eigenvalue weighted by atomic mass is 79.9. The minimum absolute atomic E-state index is 0.210. The smallest absolute Gasteiger partial charge is 0.133 e. The summed E-state index contributed by atoms with van der Waals surface area (Å²) >= 11 is 3.54. The summed E-state index contributed by atoms with van der Waals surface area (Å²) in [6.45, 7) is 2.16. The highest BCUT2D eigenvalue weighted by Gasteiger charge is 2.15. The number of nitrogens with one attached hydrogen (secondary N) is 1. The van der Waals surface area contributed by atoms with Gasteiger partial charge in [-0.3, -0.25) is 4.98 Å². The standard InChI is InChI=1S/C17H21BrN2O/c1-4-13-6-5-9-20-17(13)15(19-2)11-12-7-8-16(21-3)14(18)10-12/h5-10,15,19H,4,11H2,1-3H3. The van der Waals surface area contributed by atoms with E-state index in [0.717, 1.165) is 28.8 Å². The molecule has 3 nitrogen and oxygen atoms in total. The van der Waals surface area contributed by atoms with Crippen molar-refractivity contribution in [1.29, 1.82) is 0 Å². The van der Waals surface area contributed by atoms with E-state index < -0.39 is 0 Å². The molecule has 0 aliphatic heterocycles. The lowest BCUT2D eigenvalue weighted by Crippen LogP contribution is -2.21. The summed E-state index contributed by atoms with van der Waals surface area (Å²) in [5.74, 6) is 0.854. The van der Waals surface area contributed by atoms with E-state index in [1.807, 2.05) is 25.4 Å². The van der Waals surface area contributed by atoms with E-state index in [1.165, 1.54) is 11.1 Å². The number of hydrogen-bond donors (Lipinski definition) is 1. The Bertz CT molecular complexity index is 601. The summed E-state index contributed by atoms with van der Waals surface area (Å²) < 4.78 is 6.26. The predicted molar refractivity (Wildman–Crippen MR) is 89.8 cm³/mol. The summed E-state index contributed by atoms with van der Waals surface area (Å²) in [5.41, 5.74) is 3.67. The topological polar surface area (TPSA) is 34.1 Å². The van der Waals surface area contributed by atoms with Gasteiger partial charge in [0.1, 0.15) is 5.75 Å². The Balaban J connectivity index is 2.25. The summed E-state index contributed by atoms with van der Waals surface area (Å²) in [7, 11) is 3.66. The van der Waals surface area contributed by atoms with Crippen LogP contribution in [0.1, 0.15) is 29.8 Å². The van der Waals surface area contributed by atoms with Crippen molar-refractivity contribution in [3.05, 3.63) is 57.8 Å². The highest BCUT2D eigenvalue weighted by molar-refractivity contribution is 9.10. The first-order chi connectivity index (χ1) is 10.2. The molecule has 0 spiro atoms. The summed E-state index contributed by atoms with van der Waals surface area (Å²) in [6.07, 6.45) is 3.75. The first-order valence-corrected chi connectivity index (χ1v) is 7.92. The van der Waals surface area contributed by atoms with Crippen LogP contribution in [-0.2, 0) is 12.8 Å². The number of halogens is 1. The fraction of sp³-hybridized carbons (Fsp3) is 0.353. The van der Waals surface area contributed by atoms with E-state index in [4.69, 9.17) is 4.74 Å². The molecule has 0 aliphatic rings. The molecular weight excluding hydrogens is 328 g/mol. The van der Waals surface area contributed by atoms with E-state index >= 15 is 0 Å². The number of nitrogens with zero attached hydrogens (tertiary/aromatic N) is 1. The van der Waals surface area contributed by atoms with Crippen LogP contribution < -0.4 is 10.1 Å². The van der Waals surface area contributed by atoms with Crippen LogP contribution in [0.25, 0.3) is 0 Å². The maximum absolute atomic E-state index is 5.28. The fourth-order valence-corrected chi connectivity index (χ4v) is 3.06. The first-order valence-electron chi connectivity index (χ1n) is 7.13. The minimum Gasteiger partial charge on any atom is -0.496 e. The Morgan fingerprint density at radius 2 is 2.14 bits per heavy atom. The maximum atomic E-state index is 5.28. The molecular formula is C17H21BrN2O. The van der Waals surface area contributed by atoms with Gasteiger partial charge in [0.05, 0.1) is 23.3 Å². The normalized spacial score (nSPS) is 12.2. The summed E-state index contributed by atoms with van der Waals surface area (Å²) in [5, 5.41) is 3.38. The number of rotatable bonds is 6. The molecule has 2 rings (SSSR count). The molecule has 0 fully saturated rings. The Labute approximate surface area is 134 Å². The molecule has 1 aromatic carbocycles. The number of ether oxygens (including phenoxy) is 1. The third-order valence-electron chi connectivity index (χ3n) is 3.64. The van der Waals surface area contributed by atoms with Gasteiger partial charge in [0.15, 0.2) is 0 Å². The van der Waals surface area contributed by atoms with E-state index in [2.05, 4.69) is 51.4 Å². The lowest BCUT2D eigenvalue weighted by Gasteiger charge is -2.19. The van der Waals surface area contributed by atoms with E-state index in [9.17, 15) is 0 Å². The fourth-order valence-electron chi connectivity index (χ4n) is 2.47. The first kappa shape index (κ1) is 16.0. The summed E-state index contributed by atoms with van der Waals surface area (Å²) in [4.78, 5) is 4.57. The molecule has 4 heteroatoms. The lowest BCUT2D eigenvalue weighted by molar-refractivity contribution is 0.412. The third kappa shape index (κ3) is 3.83. The molecule has 1 N–H and O–H groups in total. The molecule has 0 radical (unpaired) electrons. The van der Waals surface area contributed by atoms with Crippen LogP contribution in [0.2, 0.25) is 0 Å². The number of methoxy groups -OCH3 is 1. The Hall–Kier alpha value is -1.39. The largest absolute Gasteiger partial charge is 0.496 e. The zero-order valence-electron chi connectivity index (χ0n) is 12.7. The van der Waals surface area contributed by atoms with Crippen molar-refractivity contribution in [3.8, 4) is 5.75 Å². The van der Waals surface area contributed by atoms with Crippen LogP contribution in [0.15, 0.2) is 41.0 Å². The van der Waals surface area contributed by atoms with Crippen LogP contribution in [0.4, 0.5) is 0 Å². The summed E-state index contributed by atoms with van der Waals surface area (Å²) in [6, 6.07) is 10.6. The van der Waals surface area contributed by atoms with Gasteiger partial charge < -0.3 is 10.1 Å². The zero-order valence-corrected chi connectivity index (χ0v) is 14.3. The van der Waals surface area contributed by atoms with Crippen molar-refractivity contribution in [2.75, 3.05) is 14.2 Å². The molecule has 21 heavy (non-hydrogen) atoms. The van der Waals surface area contributed by atoms with Gasteiger partial charge in [-0.1, -0.05) is 19.1 Å². The van der Waals surface area contributed by atoms with Crippen molar-refractivity contribution in [3.63, 3.8) is 0 Å². The molecule has 0 saturated heterocycles. The van der Waals surface area contributed by atoms with E-state index in [1.54, 1.807) is 7.11 Å². The molecule has 0 saturated carbocycles. The number of pyridine rings is 1. The average Bonchev–Trinajstić information content (AvgIpc) is 2.52. The van der Waals surface area contributed by atoms with Crippen molar-refractivity contribution in [2.45, 2.75) is 25.8 Å². The van der Waals surface area contributed by atoms with Crippen molar-refractivity contribution >= 4 is 15.9 Å². The molecule has 0 amide bonds. The van der Waals surface area contributed by atoms with Gasteiger partial charge in [0.2, 0.25) is 0 Å². The number of aromatic nitrogens is 1. The van der Waals surface area contributed by atoms with Gasteiger partial charge in [-0.25, -0.2) is 0 Å². The van der Waals surface area contributed by atoms with Crippen LogP contribution in [0, 0.1) is 0 Å². The second-order valence-corrected chi connectivity index (χ2v) is 5.77. The predicted octanol–water partition coefficient (Wildman–Crippen LogP) is 3.92. The minimum atomic E-state index is 0.210. The van der Waals surface area contributed by atoms with Crippen molar-refractivity contribution in [1.82, 2.24) is 10.3 Å². The van der Waals surface area contributed by atoms with Crippen LogP contribution in [0.3, 0.4) is 0 Å². The second kappa shape index (κ2) is 7.57. The molecule has 0 bridgehead atoms. The Morgan fingerprint density at radius 3 is 2.76 bits per heavy atom. The van der Waals surface area contributed by atoms with Crippen LogP contribution >= 0.6 is 15.9 Å². The second-order valence-electron chi connectivity index (χ2n) is 4.92. The van der Waals surface area contributed by atoms with Crippen LogP contribution in [0.5, 0.6) is 5.75 Å². The van der Waals surface area contributed by atoms with Crippen LogP contribution in [-0.4, -0.2) is 19.1 Å². The lowest BCUT2D eigenvalue weighted by atomic mass is 9.98. The molecule has 1 unspecified atom stereocenters. The van der Waals surface area contributed by atoms with Crippen molar-refractivity contribution in [2.24, 2.45) is 0 Å². The maximum Gasteiger partial charge on any atom is 0.133 e. The molecule has 0 aliphatic carbocycles. The zero-order chi connectivity index (χ0) is 15.2. The molecule has 1 atom stereocenters. The number of aryl methyl sites for hydroxylation is 1. The van der Waals surface area contributed by atoms with Gasteiger partial charge >= 0.3 is 0 Å². The highest BCUT2D eigenvalue weighted by Crippen LogP contribution is 2.28. The Kier molecular flexibility index (Phi) is 5.76. The molecule has 2 aromatic rings. The van der Waals surface area contributed by atoms with E-state index in [-0.39, 0.29) is 6.04 Å². The van der Waals surface area contributed by atoms with Gasteiger partial charge in [-0.05, 0) is 65.1 Å². The van der Waals surface area contributed by atoms with Gasteiger partial charge in [-0.2, -0.15) is 0 Å². The van der Waals surface area contributed by atoms with Gasteiger partial charge in [0.25, 0.3) is 0 Å².